The third-order valence-corrected chi connectivity index (χ3v) is 3.57. The van der Waals surface area contributed by atoms with Crippen LogP contribution in [0.25, 0.3) is 5.69 Å². The van der Waals surface area contributed by atoms with Gasteiger partial charge in [-0.2, -0.15) is 0 Å². The predicted octanol–water partition coefficient (Wildman–Crippen LogP) is 3.15. The van der Waals surface area contributed by atoms with Crippen LogP contribution in [-0.2, 0) is 6.54 Å². The molecule has 2 aromatic rings. The molecule has 0 bridgehead atoms. The van der Waals surface area contributed by atoms with Gasteiger partial charge in [0.15, 0.2) is 0 Å². The van der Waals surface area contributed by atoms with E-state index in [4.69, 9.17) is 0 Å². The molecule has 0 spiro atoms. The van der Waals surface area contributed by atoms with Gasteiger partial charge in [0.25, 0.3) is 0 Å². The summed E-state index contributed by atoms with van der Waals surface area (Å²) in [6.07, 6.45) is 2.93. The molecule has 0 aliphatic rings. The van der Waals surface area contributed by atoms with E-state index in [1.165, 1.54) is 11.1 Å². The molecule has 1 N–H and O–H groups in total. The van der Waals surface area contributed by atoms with Gasteiger partial charge in [0, 0.05) is 11.0 Å². The van der Waals surface area contributed by atoms with E-state index in [9.17, 15) is 0 Å². The third-order valence-electron chi connectivity index (χ3n) is 2.96. The van der Waals surface area contributed by atoms with Gasteiger partial charge in [-0.05, 0) is 59.9 Å². The number of halogens is 1. The summed E-state index contributed by atoms with van der Waals surface area (Å²) in [5.74, 6) is 0. The SMILES string of the molecule is CCCNCc1cnnn1-c1c(C)cc(C)cc1Br. The van der Waals surface area contributed by atoms with Crippen molar-refractivity contribution >= 4 is 15.9 Å². The number of nitrogens with zero attached hydrogens (tertiary/aromatic N) is 3. The zero-order chi connectivity index (χ0) is 13.8. The van der Waals surface area contributed by atoms with Gasteiger partial charge in [0.1, 0.15) is 0 Å². The second kappa shape index (κ2) is 6.30. The minimum absolute atomic E-state index is 0.778. The fourth-order valence-electron chi connectivity index (χ4n) is 2.13. The highest BCUT2D eigenvalue weighted by Gasteiger charge is 2.12. The molecular formula is C14H19BrN4. The van der Waals surface area contributed by atoms with E-state index >= 15 is 0 Å². The highest BCUT2D eigenvalue weighted by atomic mass is 79.9. The molecule has 0 amide bonds. The fraction of sp³-hybridized carbons (Fsp3) is 0.429. The summed E-state index contributed by atoms with van der Waals surface area (Å²) in [6.45, 7) is 8.12. The molecule has 5 heteroatoms. The summed E-state index contributed by atoms with van der Waals surface area (Å²) in [5, 5.41) is 11.6. The lowest BCUT2D eigenvalue weighted by atomic mass is 10.1. The van der Waals surface area contributed by atoms with Crippen molar-refractivity contribution in [2.75, 3.05) is 6.54 Å². The Labute approximate surface area is 122 Å². The molecule has 0 fully saturated rings. The van der Waals surface area contributed by atoms with E-state index in [1.54, 1.807) is 0 Å². The molecule has 1 aromatic carbocycles. The van der Waals surface area contributed by atoms with E-state index < -0.39 is 0 Å². The normalized spacial score (nSPS) is 10.9. The quantitative estimate of drug-likeness (QED) is 0.860. The van der Waals surface area contributed by atoms with Crippen LogP contribution in [0.15, 0.2) is 22.8 Å². The molecule has 0 radical (unpaired) electrons. The Balaban J connectivity index is 2.35. The molecule has 0 aliphatic heterocycles. The molecule has 0 saturated heterocycles. The van der Waals surface area contributed by atoms with E-state index in [0.29, 0.717) is 0 Å². The maximum atomic E-state index is 4.21. The minimum Gasteiger partial charge on any atom is -0.311 e. The van der Waals surface area contributed by atoms with Crippen LogP contribution in [-0.4, -0.2) is 21.5 Å². The Morgan fingerprint density at radius 1 is 1.32 bits per heavy atom. The Kier molecular flexibility index (Phi) is 4.71. The van der Waals surface area contributed by atoms with Crippen molar-refractivity contribution in [1.29, 1.82) is 0 Å². The second-order valence-corrected chi connectivity index (χ2v) is 5.58. The maximum Gasteiger partial charge on any atom is 0.0838 e. The van der Waals surface area contributed by atoms with Crippen molar-refractivity contribution < 1.29 is 0 Å². The summed E-state index contributed by atoms with van der Waals surface area (Å²) in [6, 6.07) is 4.26. The number of aromatic nitrogens is 3. The smallest absolute Gasteiger partial charge is 0.0838 e. The lowest BCUT2D eigenvalue weighted by Gasteiger charge is -2.12. The monoisotopic (exact) mass is 322 g/mol. The number of aryl methyl sites for hydroxylation is 2. The van der Waals surface area contributed by atoms with Crippen LogP contribution in [0.1, 0.15) is 30.2 Å². The van der Waals surface area contributed by atoms with Crippen LogP contribution >= 0.6 is 15.9 Å². The van der Waals surface area contributed by atoms with Gasteiger partial charge >= 0.3 is 0 Å². The average Bonchev–Trinajstić information content (AvgIpc) is 2.76. The van der Waals surface area contributed by atoms with Crippen molar-refractivity contribution in [3.63, 3.8) is 0 Å². The van der Waals surface area contributed by atoms with Crippen molar-refractivity contribution in [2.45, 2.75) is 33.7 Å². The van der Waals surface area contributed by atoms with Crippen LogP contribution in [0, 0.1) is 13.8 Å². The Morgan fingerprint density at radius 3 is 2.79 bits per heavy atom. The molecule has 1 aromatic heterocycles. The van der Waals surface area contributed by atoms with E-state index in [1.807, 2.05) is 10.9 Å². The standard InChI is InChI=1S/C14H19BrN4/c1-4-5-16-8-12-9-17-18-19(12)14-11(3)6-10(2)7-13(14)15/h6-7,9,16H,4-5,8H2,1-3H3. The summed E-state index contributed by atoms with van der Waals surface area (Å²) in [5.41, 5.74) is 4.56. The molecule has 0 unspecified atom stereocenters. The van der Waals surface area contributed by atoms with Gasteiger partial charge in [-0.25, -0.2) is 4.68 Å². The summed E-state index contributed by atoms with van der Waals surface area (Å²) >= 11 is 3.63. The van der Waals surface area contributed by atoms with Crippen LogP contribution in [0.3, 0.4) is 0 Å². The molecule has 4 nitrogen and oxygen atoms in total. The molecule has 1 heterocycles. The first kappa shape index (κ1) is 14.2. The number of rotatable bonds is 5. The Bertz CT molecular complexity index is 539. The summed E-state index contributed by atoms with van der Waals surface area (Å²) in [7, 11) is 0. The van der Waals surface area contributed by atoms with E-state index in [-0.39, 0.29) is 0 Å². The van der Waals surface area contributed by atoms with Gasteiger partial charge in [-0.15, -0.1) is 5.10 Å². The average molecular weight is 323 g/mol. The highest BCUT2D eigenvalue weighted by molar-refractivity contribution is 9.10. The van der Waals surface area contributed by atoms with Gasteiger partial charge < -0.3 is 5.32 Å². The van der Waals surface area contributed by atoms with E-state index in [2.05, 4.69) is 64.5 Å². The van der Waals surface area contributed by atoms with Crippen molar-refractivity contribution in [1.82, 2.24) is 20.3 Å². The van der Waals surface area contributed by atoms with Crippen molar-refractivity contribution in [2.24, 2.45) is 0 Å². The number of hydrogen-bond donors (Lipinski definition) is 1. The fourth-order valence-corrected chi connectivity index (χ4v) is 2.98. The van der Waals surface area contributed by atoms with Crippen LogP contribution in [0.5, 0.6) is 0 Å². The number of hydrogen-bond acceptors (Lipinski definition) is 3. The molecule has 19 heavy (non-hydrogen) atoms. The summed E-state index contributed by atoms with van der Waals surface area (Å²) < 4.78 is 2.95. The van der Waals surface area contributed by atoms with E-state index in [0.717, 1.165) is 35.4 Å². The van der Waals surface area contributed by atoms with Crippen molar-refractivity contribution in [3.05, 3.63) is 39.6 Å². The molecule has 0 aliphatic carbocycles. The second-order valence-electron chi connectivity index (χ2n) is 4.73. The Hall–Kier alpha value is -1.20. The highest BCUT2D eigenvalue weighted by Crippen LogP contribution is 2.26. The first-order valence-corrected chi connectivity index (χ1v) is 7.30. The molecule has 2 rings (SSSR count). The number of nitrogens with one attached hydrogen (secondary N) is 1. The topological polar surface area (TPSA) is 42.7 Å². The van der Waals surface area contributed by atoms with Crippen LogP contribution in [0.4, 0.5) is 0 Å². The first-order valence-electron chi connectivity index (χ1n) is 6.51. The molecular weight excluding hydrogens is 304 g/mol. The summed E-state index contributed by atoms with van der Waals surface area (Å²) in [4.78, 5) is 0. The lowest BCUT2D eigenvalue weighted by Crippen LogP contribution is -2.17. The van der Waals surface area contributed by atoms with Gasteiger partial charge in [-0.1, -0.05) is 18.2 Å². The molecule has 102 valence electrons. The van der Waals surface area contributed by atoms with Crippen LogP contribution < -0.4 is 5.32 Å². The van der Waals surface area contributed by atoms with Gasteiger partial charge in [0.2, 0.25) is 0 Å². The Morgan fingerprint density at radius 2 is 2.11 bits per heavy atom. The van der Waals surface area contributed by atoms with Gasteiger partial charge in [-0.3, -0.25) is 0 Å². The zero-order valence-electron chi connectivity index (χ0n) is 11.6. The van der Waals surface area contributed by atoms with Gasteiger partial charge in [0.05, 0.1) is 17.6 Å². The first-order chi connectivity index (χ1) is 9.13. The maximum absolute atomic E-state index is 4.21. The van der Waals surface area contributed by atoms with Crippen LogP contribution in [0.2, 0.25) is 0 Å². The largest absolute Gasteiger partial charge is 0.311 e. The minimum atomic E-state index is 0.778. The van der Waals surface area contributed by atoms with Crippen molar-refractivity contribution in [3.8, 4) is 5.69 Å². The molecule has 0 saturated carbocycles. The zero-order valence-corrected chi connectivity index (χ0v) is 13.2. The number of benzene rings is 1. The predicted molar refractivity (Wildman–Crippen MR) is 80.5 cm³/mol. The molecule has 0 atom stereocenters. The third kappa shape index (κ3) is 3.22. The lowest BCUT2D eigenvalue weighted by molar-refractivity contribution is 0.640.